The molecule has 0 bridgehead atoms. The van der Waals surface area contributed by atoms with Crippen molar-refractivity contribution in [1.82, 2.24) is 10.2 Å². The fraction of sp³-hybridized carbons (Fsp3) is 0.409. The van der Waals surface area contributed by atoms with E-state index < -0.39 is 0 Å². The Morgan fingerprint density at radius 3 is 2.69 bits per heavy atom. The molecule has 1 unspecified atom stereocenters. The molecule has 1 atom stereocenters. The van der Waals surface area contributed by atoms with Gasteiger partial charge < -0.3 is 10.1 Å². The van der Waals surface area contributed by atoms with Gasteiger partial charge in [-0.3, -0.25) is 9.69 Å². The summed E-state index contributed by atoms with van der Waals surface area (Å²) in [5, 5.41) is 3.05. The van der Waals surface area contributed by atoms with Crippen LogP contribution in [0, 0.1) is 5.41 Å². The van der Waals surface area contributed by atoms with Crippen molar-refractivity contribution in [2.24, 2.45) is 5.41 Å². The van der Waals surface area contributed by atoms with Crippen LogP contribution in [0.15, 0.2) is 54.6 Å². The lowest BCUT2D eigenvalue weighted by molar-refractivity contribution is -0.129. The number of hydrogen-bond donors (Lipinski definition) is 1. The summed E-state index contributed by atoms with van der Waals surface area (Å²) in [4.78, 5) is 14.8. The van der Waals surface area contributed by atoms with E-state index in [4.69, 9.17) is 4.74 Å². The van der Waals surface area contributed by atoms with Crippen LogP contribution in [0.1, 0.15) is 32.3 Å². The van der Waals surface area contributed by atoms with Crippen LogP contribution in [-0.2, 0) is 11.3 Å². The van der Waals surface area contributed by atoms with Gasteiger partial charge in [-0.2, -0.15) is 0 Å². The molecule has 26 heavy (non-hydrogen) atoms. The number of amides is 1. The predicted octanol–water partition coefficient (Wildman–Crippen LogP) is 4.22. The Kier molecular flexibility index (Phi) is 5.94. The highest BCUT2D eigenvalue weighted by Gasteiger charge is 2.39. The first-order chi connectivity index (χ1) is 12.6. The van der Waals surface area contributed by atoms with Gasteiger partial charge in [-0.15, -0.1) is 0 Å². The normalized spacial score (nSPS) is 20.1. The highest BCUT2D eigenvalue weighted by atomic mass is 16.5. The van der Waals surface area contributed by atoms with Crippen molar-refractivity contribution < 1.29 is 9.53 Å². The Labute approximate surface area is 156 Å². The zero-order chi connectivity index (χ0) is 18.4. The number of nitrogens with zero attached hydrogens (tertiary/aromatic N) is 1. The van der Waals surface area contributed by atoms with Crippen molar-refractivity contribution in [3.8, 4) is 11.5 Å². The van der Waals surface area contributed by atoms with Gasteiger partial charge in [0.2, 0.25) is 5.91 Å². The zero-order valence-corrected chi connectivity index (χ0v) is 15.7. The van der Waals surface area contributed by atoms with E-state index in [-0.39, 0.29) is 11.3 Å². The summed E-state index contributed by atoms with van der Waals surface area (Å²) < 4.78 is 5.92. The van der Waals surface area contributed by atoms with Gasteiger partial charge in [0.1, 0.15) is 11.5 Å². The Morgan fingerprint density at radius 1 is 1.15 bits per heavy atom. The average Bonchev–Trinajstić information content (AvgIpc) is 3.03. The molecule has 0 spiro atoms. The van der Waals surface area contributed by atoms with Gasteiger partial charge in [0.05, 0.1) is 5.41 Å². The van der Waals surface area contributed by atoms with Crippen molar-refractivity contribution in [3.63, 3.8) is 0 Å². The molecule has 1 aliphatic heterocycles. The maximum Gasteiger partial charge on any atom is 0.227 e. The van der Waals surface area contributed by atoms with Gasteiger partial charge in [0.25, 0.3) is 0 Å². The standard InChI is InChI=1S/C22H28N2O2/c1-3-13-23-21(25)22(2)12-14-24(17-22)16-18-8-7-11-20(15-18)26-19-9-5-4-6-10-19/h4-11,15H,3,12-14,16-17H2,1-2H3,(H,23,25). The fourth-order valence-corrected chi connectivity index (χ4v) is 3.42. The number of benzene rings is 2. The number of rotatable bonds is 7. The summed E-state index contributed by atoms with van der Waals surface area (Å²) in [7, 11) is 0. The van der Waals surface area contributed by atoms with Gasteiger partial charge in [-0.1, -0.05) is 37.3 Å². The molecule has 2 aromatic carbocycles. The molecular weight excluding hydrogens is 324 g/mol. The molecule has 138 valence electrons. The number of hydrogen-bond acceptors (Lipinski definition) is 3. The van der Waals surface area contributed by atoms with Crippen LogP contribution in [0.3, 0.4) is 0 Å². The van der Waals surface area contributed by atoms with Crippen molar-refractivity contribution in [1.29, 1.82) is 0 Å². The van der Waals surface area contributed by atoms with Crippen LogP contribution in [0.25, 0.3) is 0 Å². The highest BCUT2D eigenvalue weighted by Crippen LogP contribution is 2.31. The molecule has 0 aromatic heterocycles. The number of nitrogens with one attached hydrogen (secondary N) is 1. The van der Waals surface area contributed by atoms with E-state index >= 15 is 0 Å². The molecule has 0 radical (unpaired) electrons. The van der Waals surface area contributed by atoms with Gasteiger partial charge in [-0.05, 0) is 56.1 Å². The molecule has 1 saturated heterocycles. The minimum absolute atomic E-state index is 0.183. The fourth-order valence-electron chi connectivity index (χ4n) is 3.42. The summed E-state index contributed by atoms with van der Waals surface area (Å²) in [6.45, 7) is 7.49. The summed E-state index contributed by atoms with van der Waals surface area (Å²) in [5.41, 5.74) is 0.921. The number of likely N-dealkylation sites (tertiary alicyclic amines) is 1. The van der Waals surface area contributed by atoms with Crippen LogP contribution in [0.2, 0.25) is 0 Å². The summed E-state index contributed by atoms with van der Waals surface area (Å²) >= 11 is 0. The molecule has 1 heterocycles. The zero-order valence-electron chi connectivity index (χ0n) is 15.7. The number of ether oxygens (including phenoxy) is 1. The molecule has 1 amide bonds. The Balaban J connectivity index is 1.60. The maximum absolute atomic E-state index is 12.4. The third-order valence-corrected chi connectivity index (χ3v) is 4.92. The van der Waals surface area contributed by atoms with E-state index in [0.717, 1.165) is 50.5 Å². The molecule has 4 heteroatoms. The van der Waals surface area contributed by atoms with E-state index in [1.54, 1.807) is 0 Å². The number of para-hydroxylation sites is 1. The van der Waals surface area contributed by atoms with Crippen LogP contribution in [0.5, 0.6) is 11.5 Å². The topological polar surface area (TPSA) is 41.6 Å². The molecule has 0 saturated carbocycles. The molecule has 1 fully saturated rings. The molecule has 1 N–H and O–H groups in total. The molecular formula is C22H28N2O2. The predicted molar refractivity (Wildman–Crippen MR) is 104 cm³/mol. The lowest BCUT2D eigenvalue weighted by Crippen LogP contribution is -2.41. The Morgan fingerprint density at radius 2 is 1.92 bits per heavy atom. The smallest absolute Gasteiger partial charge is 0.227 e. The van der Waals surface area contributed by atoms with E-state index in [9.17, 15) is 4.79 Å². The van der Waals surface area contributed by atoms with Gasteiger partial charge in [-0.25, -0.2) is 0 Å². The first-order valence-electron chi connectivity index (χ1n) is 9.41. The average molecular weight is 352 g/mol. The Bertz CT molecular complexity index is 732. The van der Waals surface area contributed by atoms with E-state index in [1.165, 1.54) is 5.56 Å². The molecule has 3 rings (SSSR count). The largest absolute Gasteiger partial charge is 0.457 e. The second-order valence-corrected chi connectivity index (χ2v) is 7.34. The van der Waals surface area contributed by atoms with Gasteiger partial charge in [0, 0.05) is 19.6 Å². The third-order valence-electron chi connectivity index (χ3n) is 4.92. The number of carbonyl (C=O) groups excluding carboxylic acids is 1. The first kappa shape index (κ1) is 18.5. The minimum atomic E-state index is -0.284. The second kappa shape index (κ2) is 8.37. The molecule has 0 aliphatic carbocycles. The lowest BCUT2D eigenvalue weighted by atomic mass is 9.88. The third kappa shape index (κ3) is 4.64. The van der Waals surface area contributed by atoms with E-state index in [2.05, 4.69) is 36.2 Å². The summed E-state index contributed by atoms with van der Waals surface area (Å²) in [5.74, 6) is 1.87. The second-order valence-electron chi connectivity index (χ2n) is 7.34. The van der Waals surface area contributed by atoms with Gasteiger partial charge in [0.15, 0.2) is 0 Å². The summed E-state index contributed by atoms with van der Waals surface area (Å²) in [6, 6.07) is 18.0. The van der Waals surface area contributed by atoms with Crippen molar-refractivity contribution in [2.45, 2.75) is 33.2 Å². The van der Waals surface area contributed by atoms with Crippen molar-refractivity contribution >= 4 is 5.91 Å². The first-order valence-corrected chi connectivity index (χ1v) is 9.41. The van der Waals surface area contributed by atoms with Crippen LogP contribution >= 0.6 is 0 Å². The maximum atomic E-state index is 12.4. The molecule has 2 aromatic rings. The van der Waals surface area contributed by atoms with Crippen LogP contribution in [-0.4, -0.2) is 30.4 Å². The van der Waals surface area contributed by atoms with E-state index in [0.29, 0.717) is 0 Å². The van der Waals surface area contributed by atoms with E-state index in [1.807, 2.05) is 42.5 Å². The SMILES string of the molecule is CCCNC(=O)C1(C)CCN(Cc2cccc(Oc3ccccc3)c2)C1. The molecule has 1 aliphatic rings. The van der Waals surface area contributed by atoms with Crippen LogP contribution < -0.4 is 10.1 Å². The number of carbonyl (C=O) groups is 1. The molecule has 4 nitrogen and oxygen atoms in total. The quantitative estimate of drug-likeness (QED) is 0.811. The minimum Gasteiger partial charge on any atom is -0.457 e. The van der Waals surface area contributed by atoms with Crippen molar-refractivity contribution in [2.75, 3.05) is 19.6 Å². The lowest BCUT2D eigenvalue weighted by Gasteiger charge is -2.24. The monoisotopic (exact) mass is 352 g/mol. The summed E-state index contributed by atoms with van der Waals surface area (Å²) in [6.07, 6.45) is 1.88. The van der Waals surface area contributed by atoms with Crippen molar-refractivity contribution in [3.05, 3.63) is 60.2 Å². The van der Waals surface area contributed by atoms with Crippen LogP contribution in [0.4, 0.5) is 0 Å². The van der Waals surface area contributed by atoms with Gasteiger partial charge >= 0.3 is 0 Å². The Hall–Kier alpha value is -2.33. The highest BCUT2D eigenvalue weighted by molar-refractivity contribution is 5.82.